The number of halogens is 1. The summed E-state index contributed by atoms with van der Waals surface area (Å²) in [7, 11) is 0. The highest BCUT2D eigenvalue weighted by Crippen LogP contribution is 2.27. The lowest BCUT2D eigenvalue weighted by atomic mass is 9.93. The highest BCUT2D eigenvalue weighted by Gasteiger charge is 2.09. The second kappa shape index (κ2) is 7.29. The zero-order chi connectivity index (χ0) is 13.0. The molecule has 0 radical (unpaired) electrons. The van der Waals surface area contributed by atoms with Crippen LogP contribution >= 0.6 is 12.4 Å². The van der Waals surface area contributed by atoms with Gasteiger partial charge in [-0.3, -0.25) is 0 Å². The molecule has 0 fully saturated rings. The molecule has 3 N–H and O–H groups in total. The van der Waals surface area contributed by atoms with Crippen molar-refractivity contribution in [1.29, 1.82) is 0 Å². The minimum absolute atomic E-state index is 0. The SMILES string of the molecule is Cc1ccccc1-c1ccccc1CC(N)CO.Cl. The van der Waals surface area contributed by atoms with Crippen molar-refractivity contribution in [3.63, 3.8) is 0 Å². The molecule has 102 valence electrons. The summed E-state index contributed by atoms with van der Waals surface area (Å²) in [5.41, 5.74) is 10.7. The zero-order valence-electron chi connectivity index (χ0n) is 11.0. The summed E-state index contributed by atoms with van der Waals surface area (Å²) in [6.45, 7) is 2.13. The van der Waals surface area contributed by atoms with Crippen molar-refractivity contribution in [2.24, 2.45) is 5.73 Å². The van der Waals surface area contributed by atoms with E-state index in [-0.39, 0.29) is 25.1 Å². The molecule has 0 heterocycles. The van der Waals surface area contributed by atoms with Gasteiger partial charge in [0.25, 0.3) is 0 Å². The molecule has 1 unspecified atom stereocenters. The Morgan fingerprint density at radius 1 is 1.00 bits per heavy atom. The summed E-state index contributed by atoms with van der Waals surface area (Å²) < 4.78 is 0. The van der Waals surface area contributed by atoms with E-state index in [9.17, 15) is 0 Å². The van der Waals surface area contributed by atoms with Crippen LogP contribution in [-0.4, -0.2) is 17.8 Å². The van der Waals surface area contributed by atoms with Crippen molar-refractivity contribution in [2.75, 3.05) is 6.61 Å². The predicted octanol–water partition coefficient (Wildman–Crippen LogP) is 2.95. The fourth-order valence-electron chi connectivity index (χ4n) is 2.18. The van der Waals surface area contributed by atoms with Gasteiger partial charge in [0.05, 0.1) is 6.61 Å². The van der Waals surface area contributed by atoms with Crippen LogP contribution in [0.25, 0.3) is 11.1 Å². The molecule has 2 aromatic carbocycles. The monoisotopic (exact) mass is 277 g/mol. The molecule has 1 atom stereocenters. The molecule has 0 aliphatic rings. The van der Waals surface area contributed by atoms with Crippen molar-refractivity contribution in [3.8, 4) is 11.1 Å². The Kier molecular flexibility index (Phi) is 6.03. The lowest BCUT2D eigenvalue weighted by molar-refractivity contribution is 0.265. The molecule has 0 amide bonds. The van der Waals surface area contributed by atoms with Crippen LogP contribution in [-0.2, 0) is 6.42 Å². The number of aryl methyl sites for hydroxylation is 1. The van der Waals surface area contributed by atoms with Crippen LogP contribution in [0.1, 0.15) is 11.1 Å². The minimum atomic E-state index is -0.199. The summed E-state index contributed by atoms with van der Waals surface area (Å²) in [6, 6.07) is 16.4. The third kappa shape index (κ3) is 3.80. The van der Waals surface area contributed by atoms with E-state index >= 15 is 0 Å². The van der Waals surface area contributed by atoms with E-state index in [1.807, 2.05) is 24.3 Å². The van der Waals surface area contributed by atoms with Gasteiger partial charge >= 0.3 is 0 Å². The largest absolute Gasteiger partial charge is 0.395 e. The Labute approximate surface area is 120 Å². The second-order valence-electron chi connectivity index (χ2n) is 4.62. The number of nitrogens with two attached hydrogens (primary N) is 1. The molecule has 0 saturated carbocycles. The molecule has 19 heavy (non-hydrogen) atoms. The van der Waals surface area contributed by atoms with Crippen LogP contribution in [0, 0.1) is 6.92 Å². The van der Waals surface area contributed by atoms with Crippen molar-refractivity contribution in [3.05, 3.63) is 59.7 Å². The maximum atomic E-state index is 9.09. The van der Waals surface area contributed by atoms with E-state index < -0.39 is 0 Å². The fourth-order valence-corrected chi connectivity index (χ4v) is 2.18. The van der Waals surface area contributed by atoms with E-state index in [1.165, 1.54) is 22.3 Å². The first-order valence-electron chi connectivity index (χ1n) is 6.22. The Hall–Kier alpha value is -1.35. The third-order valence-electron chi connectivity index (χ3n) is 3.17. The predicted molar refractivity (Wildman–Crippen MR) is 82.6 cm³/mol. The molecule has 2 nitrogen and oxygen atoms in total. The van der Waals surface area contributed by atoms with Crippen molar-refractivity contribution < 1.29 is 5.11 Å². The maximum absolute atomic E-state index is 9.09. The first-order valence-corrected chi connectivity index (χ1v) is 6.22. The van der Waals surface area contributed by atoms with Gasteiger partial charge in [0.2, 0.25) is 0 Å². The van der Waals surface area contributed by atoms with Gasteiger partial charge in [-0.05, 0) is 35.6 Å². The Morgan fingerprint density at radius 2 is 1.58 bits per heavy atom. The first-order chi connectivity index (χ1) is 8.72. The number of benzene rings is 2. The van der Waals surface area contributed by atoms with E-state index in [4.69, 9.17) is 10.8 Å². The molecular weight excluding hydrogens is 258 g/mol. The molecule has 3 heteroatoms. The van der Waals surface area contributed by atoms with Crippen LogP contribution in [0.4, 0.5) is 0 Å². The normalized spacial score (nSPS) is 11.7. The Bertz CT molecular complexity index is 528. The molecular formula is C16H20ClNO. The van der Waals surface area contributed by atoms with E-state index in [0.717, 1.165) is 0 Å². The number of aliphatic hydroxyl groups is 1. The molecule has 2 aromatic rings. The highest BCUT2D eigenvalue weighted by molar-refractivity contribution is 5.85. The highest BCUT2D eigenvalue weighted by atomic mass is 35.5. The van der Waals surface area contributed by atoms with E-state index in [0.29, 0.717) is 6.42 Å². The quantitative estimate of drug-likeness (QED) is 0.903. The lowest BCUT2D eigenvalue weighted by Crippen LogP contribution is -2.27. The molecule has 0 aromatic heterocycles. The summed E-state index contributed by atoms with van der Waals surface area (Å²) in [5.74, 6) is 0. The number of aliphatic hydroxyl groups excluding tert-OH is 1. The van der Waals surface area contributed by atoms with Gasteiger partial charge in [-0.25, -0.2) is 0 Å². The summed E-state index contributed by atoms with van der Waals surface area (Å²) in [4.78, 5) is 0. The summed E-state index contributed by atoms with van der Waals surface area (Å²) in [6.07, 6.45) is 0.695. The smallest absolute Gasteiger partial charge is 0.0585 e. The molecule has 0 bridgehead atoms. The van der Waals surface area contributed by atoms with Crippen molar-refractivity contribution in [1.82, 2.24) is 0 Å². The minimum Gasteiger partial charge on any atom is -0.395 e. The van der Waals surface area contributed by atoms with Gasteiger partial charge < -0.3 is 10.8 Å². The first kappa shape index (κ1) is 15.7. The average molecular weight is 278 g/mol. The fraction of sp³-hybridized carbons (Fsp3) is 0.250. The molecule has 2 rings (SSSR count). The molecule has 0 aliphatic carbocycles. The van der Waals surface area contributed by atoms with Gasteiger partial charge in [0, 0.05) is 6.04 Å². The summed E-state index contributed by atoms with van der Waals surface area (Å²) in [5, 5.41) is 9.09. The van der Waals surface area contributed by atoms with Gasteiger partial charge in [-0.2, -0.15) is 0 Å². The summed E-state index contributed by atoms with van der Waals surface area (Å²) >= 11 is 0. The average Bonchev–Trinajstić information content (AvgIpc) is 2.40. The molecule has 0 spiro atoms. The molecule has 0 saturated heterocycles. The Balaban J connectivity index is 0.00000180. The molecule has 0 aliphatic heterocycles. The van der Waals surface area contributed by atoms with Gasteiger partial charge in [0.1, 0.15) is 0 Å². The number of rotatable bonds is 4. The van der Waals surface area contributed by atoms with Crippen LogP contribution < -0.4 is 5.73 Å². The van der Waals surface area contributed by atoms with Gasteiger partial charge in [0.15, 0.2) is 0 Å². The maximum Gasteiger partial charge on any atom is 0.0585 e. The van der Waals surface area contributed by atoms with Crippen LogP contribution in [0.5, 0.6) is 0 Å². The van der Waals surface area contributed by atoms with Crippen molar-refractivity contribution >= 4 is 12.4 Å². The zero-order valence-corrected chi connectivity index (χ0v) is 11.9. The topological polar surface area (TPSA) is 46.2 Å². The van der Waals surface area contributed by atoms with Gasteiger partial charge in [-0.1, -0.05) is 48.5 Å². The lowest BCUT2D eigenvalue weighted by Gasteiger charge is -2.14. The van der Waals surface area contributed by atoms with E-state index in [1.54, 1.807) is 0 Å². The van der Waals surface area contributed by atoms with Crippen LogP contribution in [0.15, 0.2) is 48.5 Å². The number of hydrogen-bond donors (Lipinski definition) is 2. The third-order valence-corrected chi connectivity index (χ3v) is 3.17. The Morgan fingerprint density at radius 3 is 2.21 bits per heavy atom. The van der Waals surface area contributed by atoms with E-state index in [2.05, 4.69) is 31.2 Å². The second-order valence-corrected chi connectivity index (χ2v) is 4.62. The number of hydrogen-bond acceptors (Lipinski definition) is 2. The van der Waals surface area contributed by atoms with Crippen LogP contribution in [0.3, 0.4) is 0 Å². The van der Waals surface area contributed by atoms with Crippen molar-refractivity contribution in [2.45, 2.75) is 19.4 Å². The van der Waals surface area contributed by atoms with Crippen LogP contribution in [0.2, 0.25) is 0 Å². The van der Waals surface area contributed by atoms with Gasteiger partial charge in [-0.15, -0.1) is 12.4 Å². The standard InChI is InChI=1S/C16H19NO.ClH/c1-12-6-2-4-8-15(12)16-9-5-3-7-13(16)10-14(17)11-18;/h2-9,14,18H,10-11,17H2,1H3;1H.